The van der Waals surface area contributed by atoms with E-state index in [4.69, 9.17) is 0 Å². The molecule has 0 aromatic carbocycles. The van der Waals surface area contributed by atoms with Crippen molar-refractivity contribution >= 4 is 10.1 Å². The molecule has 0 aliphatic heterocycles. The summed E-state index contributed by atoms with van der Waals surface area (Å²) in [6.45, 7) is 0. The lowest BCUT2D eigenvalue weighted by Gasteiger charge is -2.35. The van der Waals surface area contributed by atoms with E-state index in [1.807, 2.05) is 0 Å². The minimum absolute atomic E-state index is 3.11. The minimum Gasteiger partial charge on any atom is -0.253 e. The van der Waals surface area contributed by atoms with E-state index in [2.05, 4.69) is 4.18 Å². The average molecular weight is 322 g/mol. The zero-order valence-corrected chi connectivity index (χ0v) is 9.44. The van der Waals surface area contributed by atoms with Crippen molar-refractivity contribution in [2.75, 3.05) is 0 Å². The predicted molar refractivity (Wildman–Crippen MR) is 44.3 cm³/mol. The summed E-state index contributed by atoms with van der Waals surface area (Å²) < 4.78 is 124. The molecule has 0 bridgehead atoms. The van der Waals surface area contributed by atoms with Crippen molar-refractivity contribution < 1.29 is 47.7 Å². The van der Waals surface area contributed by atoms with Crippen LogP contribution in [0.15, 0.2) is 0 Å². The summed E-state index contributed by atoms with van der Waals surface area (Å²) in [6.07, 6.45) is -20.0. The van der Waals surface area contributed by atoms with E-state index in [1.54, 1.807) is 0 Å². The summed E-state index contributed by atoms with van der Waals surface area (Å²) >= 11 is 0. The lowest BCUT2D eigenvalue weighted by atomic mass is 9.89. The Morgan fingerprint density at radius 2 is 1.05 bits per heavy atom. The number of hydrogen-bond donors (Lipinski definition) is 0. The predicted octanol–water partition coefficient (Wildman–Crippen LogP) is 1.93. The fourth-order valence-electron chi connectivity index (χ4n) is 1.37. The van der Waals surface area contributed by atoms with Gasteiger partial charge in [0.25, 0.3) is 0 Å². The molecule has 0 aromatic rings. The Hall–Kier alpha value is -0.650. The molecule has 0 heterocycles. The second kappa shape index (κ2) is 5.04. The first-order valence-electron chi connectivity index (χ1n) is 4.60. The molecule has 0 spiro atoms. The Bertz CT molecular complexity index is 407. The second-order valence-electron chi connectivity index (χ2n) is 3.68. The molecule has 1 rings (SSSR count). The van der Waals surface area contributed by atoms with Gasteiger partial charge in [-0.3, -0.25) is 4.18 Å². The summed E-state index contributed by atoms with van der Waals surface area (Å²) in [5.41, 5.74) is -6.03. The maximum absolute atomic E-state index is 13.1. The lowest BCUT2D eigenvalue weighted by Crippen LogP contribution is -2.58. The van der Waals surface area contributed by atoms with Gasteiger partial charge in [0, 0.05) is 0 Å². The molecule has 1 fully saturated rings. The van der Waals surface area contributed by atoms with Crippen LogP contribution in [0.2, 0.25) is 0 Å². The van der Waals surface area contributed by atoms with Gasteiger partial charge in [0.15, 0.2) is 30.9 Å². The molecule has 0 aromatic heterocycles. The molecule has 19 heavy (non-hydrogen) atoms. The van der Waals surface area contributed by atoms with Crippen LogP contribution in [-0.2, 0) is 14.3 Å². The van der Waals surface area contributed by atoms with Crippen LogP contribution in [0.4, 0.5) is 35.1 Å². The number of halogens is 8. The van der Waals surface area contributed by atoms with Crippen LogP contribution < -0.4 is 0 Å². The maximum Gasteiger partial charge on any atom is 0.523 e. The molecule has 12 heteroatoms. The summed E-state index contributed by atoms with van der Waals surface area (Å²) in [6, 6.07) is 0. The van der Waals surface area contributed by atoms with Crippen LogP contribution in [0.3, 0.4) is 0 Å². The molecule has 0 N–H and O–H groups in total. The third-order valence-corrected chi connectivity index (χ3v) is 3.41. The average Bonchev–Trinajstić information content (AvgIpc) is 2.28. The lowest BCUT2D eigenvalue weighted by molar-refractivity contribution is -0.123. The van der Waals surface area contributed by atoms with Crippen molar-refractivity contribution in [2.24, 2.45) is 0 Å². The smallest absolute Gasteiger partial charge is 0.253 e. The summed E-state index contributed by atoms with van der Waals surface area (Å²) in [7, 11) is -6.46. The van der Waals surface area contributed by atoms with Crippen molar-refractivity contribution in [3.63, 3.8) is 0 Å². The number of alkyl halides is 8. The molecular weight excluding hydrogens is 316 g/mol. The molecule has 0 amide bonds. The molecule has 114 valence electrons. The molecule has 1 saturated carbocycles. The zero-order valence-electron chi connectivity index (χ0n) is 8.62. The van der Waals surface area contributed by atoms with Gasteiger partial charge in [0.2, 0.25) is 0 Å². The number of hydrogen-bond acceptors (Lipinski definition) is 3. The molecule has 2 unspecified atom stereocenters. The van der Waals surface area contributed by atoms with E-state index in [0.717, 1.165) is 0 Å². The quantitative estimate of drug-likeness (QED) is 0.443. The normalized spacial score (nSPS) is 41.3. The van der Waals surface area contributed by atoms with Crippen molar-refractivity contribution in [3.05, 3.63) is 0 Å². The van der Waals surface area contributed by atoms with Gasteiger partial charge in [-0.15, -0.1) is 0 Å². The fourth-order valence-corrected chi connectivity index (χ4v) is 1.99. The second-order valence-corrected chi connectivity index (χ2v) is 5.25. The monoisotopic (exact) mass is 322 g/mol. The zero-order chi connectivity index (χ0) is 15.2. The third-order valence-electron chi connectivity index (χ3n) is 2.37. The maximum atomic E-state index is 13.1. The summed E-state index contributed by atoms with van der Waals surface area (Å²) in [4.78, 5) is 0. The molecule has 3 nitrogen and oxygen atoms in total. The third kappa shape index (κ3) is 2.93. The Labute approximate surface area is 101 Å². The van der Waals surface area contributed by atoms with E-state index in [-0.39, 0.29) is 0 Å². The van der Waals surface area contributed by atoms with Crippen LogP contribution in [0.1, 0.15) is 0 Å². The van der Waals surface area contributed by atoms with Gasteiger partial charge in [-0.05, 0) is 0 Å². The SMILES string of the molecule is O=S(=O)(OC1[C@@H](F)[C@@H](F)C(F)[C@@H](F)[C@H]1F)C(F)(F)F. The number of rotatable bonds is 2. The van der Waals surface area contributed by atoms with Crippen LogP contribution in [-0.4, -0.2) is 50.9 Å². The van der Waals surface area contributed by atoms with Gasteiger partial charge >= 0.3 is 15.6 Å². The summed E-state index contributed by atoms with van der Waals surface area (Å²) in [5.74, 6) is 0. The Morgan fingerprint density at radius 1 is 0.737 bits per heavy atom. The molecule has 1 aliphatic rings. The van der Waals surface area contributed by atoms with Crippen LogP contribution in [0.25, 0.3) is 0 Å². The van der Waals surface area contributed by atoms with Crippen LogP contribution in [0.5, 0.6) is 0 Å². The van der Waals surface area contributed by atoms with Crippen molar-refractivity contribution in [3.8, 4) is 0 Å². The van der Waals surface area contributed by atoms with E-state index in [1.165, 1.54) is 0 Å². The molecular formula is C7H6F8O3S. The standard InChI is InChI=1S/C7H6F8O3S/c8-1-2(9)4(11)6(5(12)3(1)10)18-19(16,17)7(13,14)15/h1-6H/t1?,2-,3+,4-,5+,6?. The first-order valence-corrected chi connectivity index (χ1v) is 6.01. The van der Waals surface area contributed by atoms with Crippen molar-refractivity contribution in [2.45, 2.75) is 42.5 Å². The highest BCUT2D eigenvalue weighted by Gasteiger charge is 2.58. The van der Waals surface area contributed by atoms with E-state index in [9.17, 15) is 43.5 Å². The highest BCUT2D eigenvalue weighted by atomic mass is 32.2. The fraction of sp³-hybridized carbons (Fsp3) is 1.00. The van der Waals surface area contributed by atoms with E-state index < -0.39 is 52.6 Å². The first-order chi connectivity index (χ1) is 8.40. The first kappa shape index (κ1) is 16.4. The Morgan fingerprint density at radius 3 is 1.37 bits per heavy atom. The van der Waals surface area contributed by atoms with Crippen molar-refractivity contribution in [1.29, 1.82) is 0 Å². The van der Waals surface area contributed by atoms with Gasteiger partial charge in [0.1, 0.15) is 6.10 Å². The van der Waals surface area contributed by atoms with Gasteiger partial charge < -0.3 is 0 Å². The van der Waals surface area contributed by atoms with E-state index >= 15 is 0 Å². The van der Waals surface area contributed by atoms with Crippen molar-refractivity contribution in [1.82, 2.24) is 0 Å². The summed E-state index contributed by atoms with van der Waals surface area (Å²) in [5, 5.41) is 0. The largest absolute Gasteiger partial charge is 0.523 e. The van der Waals surface area contributed by atoms with Gasteiger partial charge in [-0.2, -0.15) is 21.6 Å². The topological polar surface area (TPSA) is 43.4 Å². The van der Waals surface area contributed by atoms with Gasteiger partial charge in [-0.1, -0.05) is 0 Å². The molecule has 0 radical (unpaired) electrons. The molecule has 6 atom stereocenters. The molecule has 0 saturated heterocycles. The van der Waals surface area contributed by atoms with E-state index in [0.29, 0.717) is 0 Å². The van der Waals surface area contributed by atoms with Crippen LogP contribution in [0, 0.1) is 0 Å². The van der Waals surface area contributed by atoms with Gasteiger partial charge in [0.05, 0.1) is 0 Å². The highest BCUT2D eigenvalue weighted by Crippen LogP contribution is 2.36. The molecule has 1 aliphatic carbocycles. The highest BCUT2D eigenvalue weighted by molar-refractivity contribution is 7.87. The Balaban J connectivity index is 3.00. The van der Waals surface area contributed by atoms with Crippen LogP contribution >= 0.6 is 0 Å². The minimum atomic E-state index is -6.46. The Kier molecular flexibility index (Phi) is 4.35. The van der Waals surface area contributed by atoms with Gasteiger partial charge in [-0.25, -0.2) is 22.0 Å².